The lowest BCUT2D eigenvalue weighted by molar-refractivity contribution is 0.0697. The van der Waals surface area contributed by atoms with Crippen LogP contribution in [0.2, 0.25) is 0 Å². The molecule has 18 heavy (non-hydrogen) atoms. The van der Waals surface area contributed by atoms with Gasteiger partial charge in [0, 0.05) is 25.6 Å². The predicted octanol–water partition coefficient (Wildman–Crippen LogP) is 1.73. The van der Waals surface area contributed by atoms with Crippen molar-refractivity contribution in [1.29, 1.82) is 0 Å². The van der Waals surface area contributed by atoms with Crippen LogP contribution in [0.5, 0.6) is 0 Å². The number of hydrogen-bond donors (Lipinski definition) is 2. The average molecular weight is 247 g/mol. The van der Waals surface area contributed by atoms with Crippen LogP contribution in [0.1, 0.15) is 22.1 Å². The second-order valence-electron chi connectivity index (χ2n) is 3.79. The number of benzene rings is 1. The van der Waals surface area contributed by atoms with Crippen LogP contribution < -0.4 is 5.32 Å². The number of carboxylic acids is 1. The van der Waals surface area contributed by atoms with Gasteiger partial charge in [-0.3, -0.25) is 0 Å². The van der Waals surface area contributed by atoms with Crippen molar-refractivity contribution in [3.63, 3.8) is 0 Å². The van der Waals surface area contributed by atoms with Gasteiger partial charge in [-0.05, 0) is 18.2 Å². The Morgan fingerprint density at radius 1 is 1.50 bits per heavy atom. The predicted molar refractivity (Wildman–Crippen MR) is 64.6 cm³/mol. The Hall–Kier alpha value is -2.37. The van der Waals surface area contributed by atoms with Gasteiger partial charge < -0.3 is 14.9 Å². The summed E-state index contributed by atoms with van der Waals surface area (Å²) in [4.78, 5) is 14.9. The number of carbonyl (C=O) groups is 1. The summed E-state index contributed by atoms with van der Waals surface area (Å²) < 4.78 is 4.85. The van der Waals surface area contributed by atoms with Crippen molar-refractivity contribution in [3.8, 4) is 0 Å². The molecule has 0 saturated heterocycles. The maximum Gasteiger partial charge on any atom is 0.335 e. The molecule has 1 aromatic carbocycles. The van der Waals surface area contributed by atoms with Crippen molar-refractivity contribution in [3.05, 3.63) is 41.5 Å². The van der Waals surface area contributed by atoms with Crippen LogP contribution in [0.25, 0.3) is 0 Å². The first kappa shape index (κ1) is 12.1. The minimum atomic E-state index is -0.938. The summed E-state index contributed by atoms with van der Waals surface area (Å²) in [6.45, 7) is 2.35. The highest BCUT2D eigenvalue weighted by Gasteiger charge is 2.04. The van der Waals surface area contributed by atoms with E-state index in [0.29, 0.717) is 24.7 Å². The molecule has 6 nitrogen and oxygen atoms in total. The number of carboxylic acid groups (broad SMARTS) is 1. The summed E-state index contributed by atoms with van der Waals surface area (Å²) in [6.07, 6.45) is 0.620. The lowest BCUT2D eigenvalue weighted by atomic mass is 10.2. The largest absolute Gasteiger partial charge is 0.478 e. The van der Waals surface area contributed by atoms with Gasteiger partial charge in [-0.2, -0.15) is 4.98 Å². The van der Waals surface area contributed by atoms with E-state index in [4.69, 9.17) is 9.63 Å². The molecule has 0 radical (unpaired) electrons. The summed E-state index contributed by atoms with van der Waals surface area (Å²) in [7, 11) is 0. The number of nitrogens with one attached hydrogen (secondary N) is 1. The number of aryl methyl sites for hydroxylation is 1. The highest BCUT2D eigenvalue weighted by molar-refractivity contribution is 5.88. The third kappa shape index (κ3) is 3.07. The van der Waals surface area contributed by atoms with Crippen LogP contribution in [0.15, 0.2) is 28.8 Å². The van der Waals surface area contributed by atoms with E-state index in [1.54, 1.807) is 25.1 Å². The van der Waals surface area contributed by atoms with Gasteiger partial charge in [-0.15, -0.1) is 0 Å². The molecule has 1 aromatic heterocycles. The Morgan fingerprint density at radius 3 is 3.00 bits per heavy atom. The van der Waals surface area contributed by atoms with Crippen LogP contribution in [0.3, 0.4) is 0 Å². The van der Waals surface area contributed by atoms with Crippen LogP contribution in [-0.2, 0) is 6.42 Å². The van der Waals surface area contributed by atoms with Crippen molar-refractivity contribution in [2.45, 2.75) is 13.3 Å². The van der Waals surface area contributed by atoms with Crippen molar-refractivity contribution in [2.24, 2.45) is 0 Å². The third-order valence-corrected chi connectivity index (χ3v) is 2.36. The first-order chi connectivity index (χ1) is 8.65. The zero-order chi connectivity index (χ0) is 13.0. The quantitative estimate of drug-likeness (QED) is 0.836. The van der Waals surface area contributed by atoms with Crippen molar-refractivity contribution in [1.82, 2.24) is 10.1 Å². The van der Waals surface area contributed by atoms with E-state index in [1.807, 2.05) is 6.07 Å². The highest BCUT2D eigenvalue weighted by atomic mass is 16.5. The van der Waals surface area contributed by atoms with E-state index in [2.05, 4.69) is 15.5 Å². The van der Waals surface area contributed by atoms with Gasteiger partial charge in [0.2, 0.25) is 5.89 Å². The van der Waals surface area contributed by atoms with Crippen molar-refractivity contribution in [2.75, 3.05) is 11.9 Å². The molecule has 2 rings (SSSR count). The minimum Gasteiger partial charge on any atom is -0.478 e. The van der Waals surface area contributed by atoms with Crippen molar-refractivity contribution < 1.29 is 14.4 Å². The van der Waals surface area contributed by atoms with E-state index in [-0.39, 0.29) is 5.56 Å². The summed E-state index contributed by atoms with van der Waals surface area (Å²) in [5, 5.41) is 15.7. The fourth-order valence-corrected chi connectivity index (χ4v) is 1.52. The maximum atomic E-state index is 10.8. The van der Waals surface area contributed by atoms with Gasteiger partial charge >= 0.3 is 5.97 Å². The normalized spacial score (nSPS) is 10.3. The molecule has 0 aliphatic heterocycles. The standard InChI is InChI=1S/C12H13N3O3/c1-8-14-11(15-18-8)5-6-13-10-4-2-3-9(7-10)12(16)17/h2-4,7,13H,5-6H2,1H3,(H,16,17). The van der Waals surface area contributed by atoms with E-state index < -0.39 is 5.97 Å². The van der Waals surface area contributed by atoms with Gasteiger partial charge in [-0.1, -0.05) is 11.2 Å². The Kier molecular flexibility index (Phi) is 3.57. The Morgan fingerprint density at radius 2 is 2.33 bits per heavy atom. The summed E-state index contributed by atoms with van der Waals surface area (Å²) >= 11 is 0. The topological polar surface area (TPSA) is 88.2 Å². The molecular weight excluding hydrogens is 234 g/mol. The van der Waals surface area contributed by atoms with Gasteiger partial charge in [0.15, 0.2) is 5.82 Å². The van der Waals surface area contributed by atoms with Crippen LogP contribution in [0, 0.1) is 6.92 Å². The maximum absolute atomic E-state index is 10.8. The van der Waals surface area contributed by atoms with Gasteiger partial charge in [0.25, 0.3) is 0 Å². The summed E-state index contributed by atoms with van der Waals surface area (Å²) in [5.74, 6) is 0.236. The van der Waals surface area contributed by atoms with E-state index in [0.717, 1.165) is 5.69 Å². The molecule has 2 N–H and O–H groups in total. The van der Waals surface area contributed by atoms with Crippen LogP contribution in [0.4, 0.5) is 5.69 Å². The zero-order valence-corrected chi connectivity index (χ0v) is 9.88. The number of hydrogen-bond acceptors (Lipinski definition) is 5. The van der Waals surface area contributed by atoms with Crippen LogP contribution >= 0.6 is 0 Å². The number of rotatable bonds is 5. The first-order valence-corrected chi connectivity index (χ1v) is 5.51. The molecule has 0 aliphatic carbocycles. The van der Waals surface area contributed by atoms with Gasteiger partial charge in [0.05, 0.1) is 5.56 Å². The van der Waals surface area contributed by atoms with Gasteiger partial charge in [0.1, 0.15) is 0 Å². The molecule has 6 heteroatoms. The average Bonchev–Trinajstić information content (AvgIpc) is 2.75. The molecule has 1 heterocycles. The molecule has 94 valence electrons. The molecule has 0 fully saturated rings. The molecule has 0 amide bonds. The Labute approximate surface area is 104 Å². The van der Waals surface area contributed by atoms with Crippen molar-refractivity contribution >= 4 is 11.7 Å². The SMILES string of the molecule is Cc1nc(CCNc2cccc(C(=O)O)c2)no1. The number of aromatic carboxylic acids is 1. The van der Waals surface area contributed by atoms with Crippen LogP contribution in [-0.4, -0.2) is 27.8 Å². The molecule has 0 atom stereocenters. The molecule has 0 unspecified atom stereocenters. The molecule has 2 aromatic rings. The molecule has 0 aliphatic rings. The second-order valence-corrected chi connectivity index (χ2v) is 3.79. The smallest absolute Gasteiger partial charge is 0.335 e. The number of aromatic nitrogens is 2. The minimum absolute atomic E-state index is 0.260. The Bertz CT molecular complexity index is 551. The summed E-state index contributed by atoms with van der Waals surface area (Å²) in [5.41, 5.74) is 1.02. The lowest BCUT2D eigenvalue weighted by Crippen LogP contribution is -2.07. The molecular formula is C12H13N3O3. The monoisotopic (exact) mass is 247 g/mol. The summed E-state index contributed by atoms with van der Waals surface area (Å²) in [6, 6.07) is 6.65. The zero-order valence-electron chi connectivity index (χ0n) is 9.88. The number of nitrogens with zero attached hydrogens (tertiary/aromatic N) is 2. The molecule has 0 spiro atoms. The fraction of sp³-hybridized carbons (Fsp3) is 0.250. The van der Waals surface area contributed by atoms with E-state index in [9.17, 15) is 4.79 Å². The highest BCUT2D eigenvalue weighted by Crippen LogP contribution is 2.10. The molecule has 0 saturated carbocycles. The fourth-order valence-electron chi connectivity index (χ4n) is 1.52. The molecule has 0 bridgehead atoms. The lowest BCUT2D eigenvalue weighted by Gasteiger charge is -2.05. The second kappa shape index (κ2) is 5.31. The Balaban J connectivity index is 1.90. The first-order valence-electron chi connectivity index (χ1n) is 5.51. The van der Waals surface area contributed by atoms with E-state index in [1.165, 1.54) is 0 Å². The number of anilines is 1. The van der Waals surface area contributed by atoms with Gasteiger partial charge in [-0.25, -0.2) is 4.79 Å². The van der Waals surface area contributed by atoms with E-state index >= 15 is 0 Å². The third-order valence-electron chi connectivity index (χ3n) is 2.36.